The molecule has 1 heterocycles. The predicted molar refractivity (Wildman–Crippen MR) is 130 cm³/mol. The van der Waals surface area contributed by atoms with Crippen LogP contribution in [0.25, 0.3) is 0 Å². The monoisotopic (exact) mass is 511 g/mol. The van der Waals surface area contributed by atoms with Crippen LogP contribution in [-0.2, 0) is 37.0 Å². The second-order valence-corrected chi connectivity index (χ2v) is 9.16. The van der Waals surface area contributed by atoms with Crippen molar-refractivity contribution in [1.29, 1.82) is 0 Å². The summed E-state index contributed by atoms with van der Waals surface area (Å²) in [6.07, 6.45) is -1.90. The summed E-state index contributed by atoms with van der Waals surface area (Å²) in [4.78, 5) is 64.7. The Labute approximate surface area is 214 Å². The van der Waals surface area contributed by atoms with Crippen molar-refractivity contribution < 1.29 is 38.2 Å². The normalized spacial score (nSPS) is 15.2. The van der Waals surface area contributed by atoms with Gasteiger partial charge >= 0.3 is 24.2 Å². The van der Waals surface area contributed by atoms with Crippen molar-refractivity contribution in [2.75, 3.05) is 13.1 Å². The molecule has 37 heavy (non-hydrogen) atoms. The van der Waals surface area contributed by atoms with Crippen LogP contribution in [0, 0.1) is 0 Å². The molecule has 11 heteroatoms. The molecule has 0 aromatic heterocycles. The van der Waals surface area contributed by atoms with Crippen LogP contribution in [0.1, 0.15) is 31.9 Å². The smallest absolute Gasteiger partial charge is 0.418 e. The minimum absolute atomic E-state index is 0.0962. The van der Waals surface area contributed by atoms with Crippen molar-refractivity contribution in [3.8, 4) is 0 Å². The minimum atomic E-state index is -1.42. The molecule has 2 aromatic carbocycles. The molecule has 0 spiro atoms. The Balaban J connectivity index is 1.70. The number of benzene rings is 2. The lowest BCUT2D eigenvalue weighted by atomic mass is 10.2. The molecular formula is C26H29N3O8. The second kappa shape index (κ2) is 12.0. The minimum Gasteiger partial charge on any atom is -0.459 e. The SMILES string of the molecule is CC(C)(C)OC(=O)NCC(=O)N1C(=O)N(C(=O)OCc2ccccc2)CC1C(=O)OCc1ccccc1. The Kier molecular flexibility index (Phi) is 8.83. The van der Waals surface area contributed by atoms with Gasteiger partial charge in [-0.3, -0.25) is 4.79 Å². The lowest BCUT2D eigenvalue weighted by Gasteiger charge is -2.22. The average molecular weight is 512 g/mol. The number of imide groups is 2. The van der Waals surface area contributed by atoms with Crippen LogP contribution in [0.3, 0.4) is 0 Å². The quantitative estimate of drug-likeness (QED) is 0.443. The highest BCUT2D eigenvalue weighted by molar-refractivity contribution is 6.07. The van der Waals surface area contributed by atoms with E-state index in [2.05, 4.69) is 5.32 Å². The molecule has 0 bridgehead atoms. The highest BCUT2D eigenvalue weighted by Crippen LogP contribution is 2.20. The summed E-state index contributed by atoms with van der Waals surface area (Å²) in [6.45, 7) is 3.64. The third kappa shape index (κ3) is 7.79. The van der Waals surface area contributed by atoms with Gasteiger partial charge in [0.2, 0.25) is 0 Å². The van der Waals surface area contributed by atoms with E-state index in [9.17, 15) is 24.0 Å². The fraction of sp³-hybridized carbons (Fsp3) is 0.346. The molecule has 11 nitrogen and oxygen atoms in total. The van der Waals surface area contributed by atoms with E-state index in [0.717, 1.165) is 0 Å². The number of nitrogens with one attached hydrogen (secondary N) is 1. The van der Waals surface area contributed by atoms with Gasteiger partial charge in [-0.1, -0.05) is 60.7 Å². The molecule has 1 aliphatic rings. The number of rotatable bonds is 7. The molecule has 1 unspecified atom stereocenters. The first-order chi connectivity index (χ1) is 17.5. The zero-order chi connectivity index (χ0) is 27.0. The maximum atomic E-state index is 13.0. The summed E-state index contributed by atoms with van der Waals surface area (Å²) in [5.41, 5.74) is 0.583. The van der Waals surface area contributed by atoms with E-state index in [1.54, 1.807) is 81.4 Å². The number of esters is 1. The highest BCUT2D eigenvalue weighted by atomic mass is 16.6. The summed E-state index contributed by atoms with van der Waals surface area (Å²) >= 11 is 0. The van der Waals surface area contributed by atoms with Gasteiger partial charge in [-0.05, 0) is 31.9 Å². The van der Waals surface area contributed by atoms with E-state index in [1.165, 1.54) is 0 Å². The number of alkyl carbamates (subject to hydrolysis) is 1. The molecule has 3 rings (SSSR count). The van der Waals surface area contributed by atoms with Crippen LogP contribution < -0.4 is 5.32 Å². The first-order valence-electron chi connectivity index (χ1n) is 11.6. The van der Waals surface area contributed by atoms with E-state index in [-0.39, 0.29) is 13.2 Å². The molecule has 0 aliphatic carbocycles. The highest BCUT2D eigenvalue weighted by Gasteiger charge is 2.49. The zero-order valence-corrected chi connectivity index (χ0v) is 20.8. The molecule has 196 valence electrons. The molecule has 1 atom stereocenters. The molecular weight excluding hydrogens is 482 g/mol. The van der Waals surface area contributed by atoms with Gasteiger partial charge in [-0.2, -0.15) is 0 Å². The van der Waals surface area contributed by atoms with Crippen molar-refractivity contribution in [2.45, 2.75) is 45.6 Å². The topological polar surface area (TPSA) is 132 Å². The number of nitrogens with zero attached hydrogens (tertiary/aromatic N) is 2. The maximum Gasteiger partial charge on any atom is 0.418 e. The Morgan fingerprint density at radius 2 is 1.43 bits per heavy atom. The number of urea groups is 1. The largest absolute Gasteiger partial charge is 0.459 e. The zero-order valence-electron chi connectivity index (χ0n) is 20.8. The van der Waals surface area contributed by atoms with Crippen molar-refractivity contribution in [3.63, 3.8) is 0 Å². The lowest BCUT2D eigenvalue weighted by molar-refractivity contribution is -0.152. The van der Waals surface area contributed by atoms with Crippen LogP contribution in [-0.4, -0.2) is 64.6 Å². The molecule has 2 aromatic rings. The number of ether oxygens (including phenoxy) is 3. The second-order valence-electron chi connectivity index (χ2n) is 9.16. The predicted octanol–water partition coefficient (Wildman–Crippen LogP) is 3.22. The van der Waals surface area contributed by atoms with Gasteiger partial charge in [0, 0.05) is 0 Å². The van der Waals surface area contributed by atoms with E-state index in [0.29, 0.717) is 20.9 Å². The van der Waals surface area contributed by atoms with Crippen LogP contribution in [0.2, 0.25) is 0 Å². The number of carbonyl (C=O) groups excluding carboxylic acids is 5. The van der Waals surface area contributed by atoms with E-state index in [4.69, 9.17) is 14.2 Å². The number of amides is 5. The molecule has 1 aliphatic heterocycles. The summed E-state index contributed by atoms with van der Waals surface area (Å²) < 4.78 is 15.6. The average Bonchev–Trinajstić information content (AvgIpc) is 3.22. The standard InChI is InChI=1S/C26H29N3O8/c1-26(2,3)37-23(32)27-14-21(30)29-20(22(31)35-16-18-10-6-4-7-11-18)15-28(24(29)33)25(34)36-17-19-12-8-5-9-13-19/h4-13,20H,14-17H2,1-3H3,(H,27,32). The van der Waals surface area contributed by atoms with Crippen molar-refractivity contribution in [1.82, 2.24) is 15.1 Å². The summed E-state index contributed by atoms with van der Waals surface area (Å²) in [7, 11) is 0. The summed E-state index contributed by atoms with van der Waals surface area (Å²) in [5.74, 6) is -1.81. The van der Waals surface area contributed by atoms with Gasteiger partial charge in [0.15, 0.2) is 6.04 Å². The van der Waals surface area contributed by atoms with E-state index in [1.807, 2.05) is 0 Å². The van der Waals surface area contributed by atoms with E-state index >= 15 is 0 Å². The summed E-state index contributed by atoms with van der Waals surface area (Å²) in [6, 6.07) is 15.2. The summed E-state index contributed by atoms with van der Waals surface area (Å²) in [5, 5.41) is 2.25. The van der Waals surface area contributed by atoms with Crippen LogP contribution in [0.4, 0.5) is 14.4 Å². The van der Waals surface area contributed by atoms with Gasteiger partial charge in [0.25, 0.3) is 5.91 Å². The lowest BCUT2D eigenvalue weighted by Crippen LogP contribution is -2.49. The fourth-order valence-electron chi connectivity index (χ4n) is 3.38. The molecule has 1 N–H and O–H groups in total. The Hall–Kier alpha value is -4.41. The molecule has 1 saturated heterocycles. The molecule has 0 saturated carbocycles. The Morgan fingerprint density at radius 1 is 0.892 bits per heavy atom. The molecule has 0 radical (unpaired) electrons. The van der Waals surface area contributed by atoms with Crippen molar-refractivity contribution >= 4 is 30.1 Å². The number of carbonyl (C=O) groups is 5. The molecule has 1 fully saturated rings. The van der Waals surface area contributed by atoms with Crippen LogP contribution >= 0.6 is 0 Å². The van der Waals surface area contributed by atoms with Crippen LogP contribution in [0.5, 0.6) is 0 Å². The van der Waals surface area contributed by atoms with Crippen LogP contribution in [0.15, 0.2) is 60.7 Å². The van der Waals surface area contributed by atoms with E-state index < -0.39 is 54.8 Å². The maximum absolute atomic E-state index is 13.0. The van der Waals surface area contributed by atoms with Gasteiger partial charge in [-0.15, -0.1) is 0 Å². The molecule has 5 amide bonds. The van der Waals surface area contributed by atoms with Gasteiger partial charge in [0.05, 0.1) is 6.54 Å². The number of hydrogen-bond acceptors (Lipinski definition) is 8. The van der Waals surface area contributed by atoms with Gasteiger partial charge in [0.1, 0.15) is 25.4 Å². The third-order valence-electron chi connectivity index (χ3n) is 5.08. The van der Waals surface area contributed by atoms with Gasteiger partial charge in [-0.25, -0.2) is 29.0 Å². The van der Waals surface area contributed by atoms with Gasteiger partial charge < -0.3 is 19.5 Å². The van der Waals surface area contributed by atoms with Crippen molar-refractivity contribution in [2.24, 2.45) is 0 Å². The van der Waals surface area contributed by atoms with Crippen molar-refractivity contribution in [3.05, 3.63) is 71.8 Å². The first-order valence-corrected chi connectivity index (χ1v) is 11.6. The third-order valence-corrected chi connectivity index (χ3v) is 5.08. The number of hydrogen-bond donors (Lipinski definition) is 1. The Bertz CT molecular complexity index is 1130. The first kappa shape index (κ1) is 27.2. The fourth-order valence-corrected chi connectivity index (χ4v) is 3.38. The Morgan fingerprint density at radius 3 is 1.97 bits per heavy atom.